The minimum absolute atomic E-state index is 0.0782. The highest BCUT2D eigenvalue weighted by Crippen LogP contribution is 2.12. The summed E-state index contributed by atoms with van der Waals surface area (Å²) in [6.07, 6.45) is 43.1. The fourth-order valence-corrected chi connectivity index (χ4v) is 4.83. The van der Waals surface area contributed by atoms with Gasteiger partial charge in [-0.1, -0.05) is 146 Å². The molecule has 5 nitrogen and oxygen atoms in total. The molecular weight excluding hydrogens is 548 g/mol. The minimum atomic E-state index is -0.785. The van der Waals surface area contributed by atoms with Crippen LogP contribution in [-0.2, 0) is 19.1 Å². The molecule has 1 N–H and O–H groups in total. The van der Waals surface area contributed by atoms with Crippen LogP contribution < -0.4 is 0 Å². The van der Waals surface area contributed by atoms with Crippen LogP contribution in [0.2, 0.25) is 0 Å². The molecule has 0 aromatic heterocycles. The Morgan fingerprint density at radius 2 is 0.909 bits per heavy atom. The van der Waals surface area contributed by atoms with Crippen molar-refractivity contribution in [1.82, 2.24) is 0 Å². The van der Waals surface area contributed by atoms with Gasteiger partial charge in [-0.15, -0.1) is 0 Å². The first-order valence-corrected chi connectivity index (χ1v) is 18.2. The van der Waals surface area contributed by atoms with E-state index in [2.05, 4.69) is 62.5 Å². The van der Waals surface area contributed by atoms with Crippen LogP contribution in [0.25, 0.3) is 0 Å². The van der Waals surface area contributed by atoms with Gasteiger partial charge in [0.1, 0.15) is 6.61 Å². The summed E-state index contributed by atoms with van der Waals surface area (Å²) in [4.78, 5) is 24.1. The van der Waals surface area contributed by atoms with Crippen LogP contribution in [0.15, 0.2) is 48.6 Å². The Bertz CT molecular complexity index is 752. The van der Waals surface area contributed by atoms with E-state index in [1.165, 1.54) is 77.0 Å². The SMILES string of the molecule is CCCCCC=CCC=CCC=CCC=CCCCCCC(=O)O[C@@H](CO)COC(=O)CCCCCCCCCCCCC. The summed E-state index contributed by atoms with van der Waals surface area (Å²) in [5.74, 6) is -0.629. The number of aliphatic hydroxyl groups excluding tert-OH is 1. The molecule has 254 valence electrons. The van der Waals surface area contributed by atoms with E-state index in [0.717, 1.165) is 64.2 Å². The standard InChI is InChI=1S/C39H68O5/c1-3-5-7-9-11-13-15-16-17-18-19-20-21-22-24-26-28-30-32-34-39(42)44-37(35-40)36-43-38(41)33-31-29-27-25-23-14-12-10-8-6-4-2/h11,13,16-17,19-20,22,24,37,40H,3-10,12,14-15,18,21,23,25-36H2,1-2H3/t37-/m0/s1. The van der Waals surface area contributed by atoms with Crippen LogP contribution >= 0.6 is 0 Å². The van der Waals surface area contributed by atoms with E-state index in [-0.39, 0.29) is 25.2 Å². The van der Waals surface area contributed by atoms with Gasteiger partial charge < -0.3 is 14.6 Å². The van der Waals surface area contributed by atoms with Crippen LogP contribution in [0.4, 0.5) is 0 Å². The zero-order valence-corrected chi connectivity index (χ0v) is 28.7. The number of hydrogen-bond donors (Lipinski definition) is 1. The van der Waals surface area contributed by atoms with Gasteiger partial charge in [-0.2, -0.15) is 0 Å². The molecule has 0 spiro atoms. The van der Waals surface area contributed by atoms with Gasteiger partial charge in [0.2, 0.25) is 0 Å². The first-order chi connectivity index (χ1) is 21.6. The summed E-state index contributed by atoms with van der Waals surface area (Å²) < 4.78 is 10.5. The first kappa shape index (κ1) is 41.9. The number of rotatable bonds is 32. The number of ether oxygens (including phenoxy) is 2. The Morgan fingerprint density at radius 3 is 1.41 bits per heavy atom. The summed E-state index contributed by atoms with van der Waals surface area (Å²) in [6.45, 7) is 4.06. The molecule has 0 aromatic carbocycles. The molecule has 44 heavy (non-hydrogen) atoms. The molecule has 0 aliphatic rings. The number of unbranched alkanes of at least 4 members (excludes halogenated alkanes) is 16. The van der Waals surface area contributed by atoms with E-state index in [0.29, 0.717) is 12.8 Å². The Kier molecular flexibility index (Phi) is 33.6. The van der Waals surface area contributed by atoms with Crippen molar-refractivity contribution in [2.75, 3.05) is 13.2 Å². The molecule has 0 heterocycles. The molecule has 0 saturated heterocycles. The molecule has 0 aliphatic heterocycles. The molecule has 0 rings (SSSR count). The monoisotopic (exact) mass is 617 g/mol. The first-order valence-electron chi connectivity index (χ1n) is 18.2. The fraction of sp³-hybridized carbons (Fsp3) is 0.744. The Labute approximate surface area is 271 Å². The van der Waals surface area contributed by atoms with Gasteiger partial charge in [-0.3, -0.25) is 9.59 Å². The largest absolute Gasteiger partial charge is 0.462 e. The lowest BCUT2D eigenvalue weighted by Crippen LogP contribution is -2.28. The maximum atomic E-state index is 12.1. The van der Waals surface area contributed by atoms with E-state index >= 15 is 0 Å². The minimum Gasteiger partial charge on any atom is -0.462 e. The second-order valence-electron chi connectivity index (χ2n) is 12.0. The average Bonchev–Trinajstić information content (AvgIpc) is 3.02. The Morgan fingerprint density at radius 1 is 0.523 bits per heavy atom. The van der Waals surface area contributed by atoms with Gasteiger partial charge in [0.25, 0.3) is 0 Å². The Balaban J connectivity index is 3.66. The third kappa shape index (κ3) is 32.8. The van der Waals surface area contributed by atoms with Crippen molar-refractivity contribution in [2.24, 2.45) is 0 Å². The highest BCUT2D eigenvalue weighted by Gasteiger charge is 2.16. The molecule has 0 amide bonds. The number of esters is 2. The van der Waals surface area contributed by atoms with Gasteiger partial charge in [0.15, 0.2) is 6.10 Å². The second-order valence-corrected chi connectivity index (χ2v) is 12.0. The van der Waals surface area contributed by atoms with E-state index in [1.807, 2.05) is 0 Å². The van der Waals surface area contributed by atoms with E-state index in [4.69, 9.17) is 9.47 Å². The zero-order chi connectivity index (χ0) is 32.2. The molecule has 1 atom stereocenters. The second kappa shape index (κ2) is 35.3. The average molecular weight is 617 g/mol. The fourth-order valence-electron chi connectivity index (χ4n) is 4.83. The van der Waals surface area contributed by atoms with Crippen molar-refractivity contribution in [3.63, 3.8) is 0 Å². The molecule has 5 heteroatoms. The van der Waals surface area contributed by atoms with Gasteiger partial charge in [-0.05, 0) is 57.8 Å². The quantitative estimate of drug-likeness (QED) is 0.0462. The van der Waals surface area contributed by atoms with Crippen molar-refractivity contribution in [3.05, 3.63) is 48.6 Å². The van der Waals surface area contributed by atoms with E-state index in [9.17, 15) is 14.7 Å². The van der Waals surface area contributed by atoms with Crippen LogP contribution in [0.5, 0.6) is 0 Å². The summed E-state index contributed by atoms with van der Waals surface area (Å²) in [6, 6.07) is 0. The Hall–Kier alpha value is -2.14. The number of aliphatic hydroxyl groups is 1. The summed E-state index contributed by atoms with van der Waals surface area (Å²) >= 11 is 0. The van der Waals surface area contributed by atoms with Crippen LogP contribution in [-0.4, -0.2) is 36.4 Å². The third-order valence-electron chi connectivity index (χ3n) is 7.63. The number of carbonyl (C=O) groups excluding carboxylic acids is 2. The summed E-state index contributed by atoms with van der Waals surface area (Å²) in [7, 11) is 0. The number of hydrogen-bond acceptors (Lipinski definition) is 5. The molecule has 0 aliphatic carbocycles. The van der Waals surface area contributed by atoms with Crippen LogP contribution in [0, 0.1) is 0 Å². The molecule has 0 aromatic rings. The van der Waals surface area contributed by atoms with Gasteiger partial charge >= 0.3 is 11.9 Å². The van der Waals surface area contributed by atoms with Crippen LogP contribution in [0.3, 0.4) is 0 Å². The smallest absolute Gasteiger partial charge is 0.306 e. The van der Waals surface area contributed by atoms with Crippen molar-refractivity contribution in [2.45, 2.75) is 174 Å². The molecule has 0 bridgehead atoms. The molecule has 0 fully saturated rings. The third-order valence-corrected chi connectivity index (χ3v) is 7.63. The summed E-state index contributed by atoms with van der Waals surface area (Å²) in [5, 5.41) is 9.51. The summed E-state index contributed by atoms with van der Waals surface area (Å²) in [5.41, 5.74) is 0. The zero-order valence-electron chi connectivity index (χ0n) is 28.7. The lowest BCUT2D eigenvalue weighted by Gasteiger charge is -2.15. The van der Waals surface area contributed by atoms with Crippen LogP contribution in [0.1, 0.15) is 168 Å². The predicted octanol–water partition coefficient (Wildman–Crippen LogP) is 11.1. The van der Waals surface area contributed by atoms with Gasteiger partial charge in [0, 0.05) is 12.8 Å². The van der Waals surface area contributed by atoms with Crippen molar-refractivity contribution in [3.8, 4) is 0 Å². The lowest BCUT2D eigenvalue weighted by atomic mass is 10.1. The molecule has 0 radical (unpaired) electrons. The molecular formula is C39H68O5. The lowest BCUT2D eigenvalue weighted by molar-refractivity contribution is -0.161. The normalized spacial score (nSPS) is 12.7. The maximum absolute atomic E-state index is 12.1. The van der Waals surface area contributed by atoms with Gasteiger partial charge in [0.05, 0.1) is 6.61 Å². The maximum Gasteiger partial charge on any atom is 0.306 e. The highest BCUT2D eigenvalue weighted by molar-refractivity contribution is 5.70. The van der Waals surface area contributed by atoms with Gasteiger partial charge in [-0.25, -0.2) is 0 Å². The number of allylic oxidation sites excluding steroid dienone is 8. The number of carbonyl (C=O) groups is 2. The highest BCUT2D eigenvalue weighted by atomic mass is 16.6. The van der Waals surface area contributed by atoms with Crippen molar-refractivity contribution < 1.29 is 24.2 Å². The molecule has 0 unspecified atom stereocenters. The van der Waals surface area contributed by atoms with E-state index in [1.54, 1.807) is 0 Å². The van der Waals surface area contributed by atoms with Crippen molar-refractivity contribution in [1.29, 1.82) is 0 Å². The predicted molar refractivity (Wildman–Crippen MR) is 187 cm³/mol. The topological polar surface area (TPSA) is 72.8 Å². The molecule has 0 saturated carbocycles. The van der Waals surface area contributed by atoms with Crippen molar-refractivity contribution >= 4 is 11.9 Å². The van der Waals surface area contributed by atoms with E-state index < -0.39 is 6.10 Å².